The molecule has 4 nitrogen and oxygen atoms in total. The maximum atomic E-state index is 12.2. The Labute approximate surface area is 141 Å². The second-order valence-electron chi connectivity index (χ2n) is 5.34. The molecule has 0 aliphatic rings. The second-order valence-corrected chi connectivity index (χ2v) is 5.34. The molecule has 24 heavy (non-hydrogen) atoms. The summed E-state index contributed by atoms with van der Waals surface area (Å²) in [5.41, 5.74) is 3.80. The molecular formula is C20H18N2O2. The Bertz CT molecular complexity index is 797. The van der Waals surface area contributed by atoms with Crippen LogP contribution in [0.15, 0.2) is 73.1 Å². The van der Waals surface area contributed by atoms with Gasteiger partial charge in [0.1, 0.15) is 5.75 Å². The summed E-state index contributed by atoms with van der Waals surface area (Å²) in [7, 11) is 1.63. The van der Waals surface area contributed by atoms with Gasteiger partial charge in [-0.1, -0.05) is 24.3 Å². The molecule has 0 unspecified atom stereocenters. The molecule has 1 N–H and O–H groups in total. The lowest BCUT2D eigenvalue weighted by Gasteiger charge is -2.07. The van der Waals surface area contributed by atoms with Crippen molar-refractivity contribution >= 4 is 5.91 Å². The summed E-state index contributed by atoms with van der Waals surface area (Å²) >= 11 is 0. The highest BCUT2D eigenvalue weighted by atomic mass is 16.5. The fraction of sp³-hybridized carbons (Fsp3) is 0.100. The number of amides is 1. The van der Waals surface area contributed by atoms with E-state index in [0.29, 0.717) is 12.1 Å². The first kappa shape index (κ1) is 15.7. The van der Waals surface area contributed by atoms with Gasteiger partial charge in [0, 0.05) is 24.5 Å². The number of rotatable bonds is 5. The molecule has 3 rings (SSSR count). The highest BCUT2D eigenvalue weighted by molar-refractivity contribution is 5.94. The fourth-order valence-corrected chi connectivity index (χ4v) is 2.39. The van der Waals surface area contributed by atoms with Crippen molar-refractivity contribution in [3.05, 3.63) is 84.2 Å². The zero-order valence-electron chi connectivity index (χ0n) is 13.4. The van der Waals surface area contributed by atoms with Crippen molar-refractivity contribution in [2.75, 3.05) is 7.11 Å². The number of nitrogens with one attached hydrogen (secondary N) is 1. The third kappa shape index (κ3) is 3.79. The lowest BCUT2D eigenvalue weighted by molar-refractivity contribution is 0.0951. The van der Waals surface area contributed by atoms with Gasteiger partial charge in [0.25, 0.3) is 5.91 Å². The van der Waals surface area contributed by atoms with Crippen LogP contribution < -0.4 is 10.1 Å². The molecule has 0 spiro atoms. The molecule has 0 bridgehead atoms. The summed E-state index contributed by atoms with van der Waals surface area (Å²) < 4.78 is 5.12. The van der Waals surface area contributed by atoms with Gasteiger partial charge < -0.3 is 10.1 Å². The number of methoxy groups -OCH3 is 1. The van der Waals surface area contributed by atoms with E-state index in [1.807, 2.05) is 60.7 Å². The van der Waals surface area contributed by atoms with Crippen LogP contribution in [0.2, 0.25) is 0 Å². The SMILES string of the molecule is COc1ccc(CNC(=O)c2ccc(-c3ccncc3)cc2)cc1. The zero-order valence-corrected chi connectivity index (χ0v) is 13.4. The Morgan fingerprint density at radius 2 is 1.54 bits per heavy atom. The summed E-state index contributed by atoms with van der Waals surface area (Å²) in [6.45, 7) is 0.481. The molecule has 3 aromatic rings. The number of carbonyl (C=O) groups excluding carboxylic acids is 1. The number of nitrogens with zero attached hydrogens (tertiary/aromatic N) is 1. The molecule has 4 heteroatoms. The quantitative estimate of drug-likeness (QED) is 0.780. The van der Waals surface area contributed by atoms with Gasteiger partial charge in [0.05, 0.1) is 7.11 Å². The van der Waals surface area contributed by atoms with Crippen molar-refractivity contribution < 1.29 is 9.53 Å². The minimum atomic E-state index is -0.0907. The topological polar surface area (TPSA) is 51.2 Å². The number of aromatic nitrogens is 1. The van der Waals surface area contributed by atoms with Crippen molar-refractivity contribution in [3.8, 4) is 16.9 Å². The number of ether oxygens (including phenoxy) is 1. The van der Waals surface area contributed by atoms with E-state index in [0.717, 1.165) is 22.4 Å². The smallest absolute Gasteiger partial charge is 0.251 e. The van der Waals surface area contributed by atoms with Crippen LogP contribution in [0, 0.1) is 0 Å². The molecule has 0 aliphatic carbocycles. The monoisotopic (exact) mass is 318 g/mol. The first-order valence-electron chi connectivity index (χ1n) is 7.68. The molecule has 1 aromatic heterocycles. The van der Waals surface area contributed by atoms with Crippen LogP contribution >= 0.6 is 0 Å². The highest BCUT2D eigenvalue weighted by Crippen LogP contribution is 2.18. The Kier molecular flexibility index (Phi) is 4.87. The van der Waals surface area contributed by atoms with Crippen molar-refractivity contribution in [3.63, 3.8) is 0 Å². The van der Waals surface area contributed by atoms with E-state index in [1.165, 1.54) is 0 Å². The maximum Gasteiger partial charge on any atom is 0.251 e. The largest absolute Gasteiger partial charge is 0.497 e. The minimum Gasteiger partial charge on any atom is -0.497 e. The number of carbonyl (C=O) groups is 1. The molecular weight excluding hydrogens is 300 g/mol. The Balaban J connectivity index is 1.62. The van der Waals surface area contributed by atoms with Crippen molar-refractivity contribution in [1.29, 1.82) is 0 Å². The summed E-state index contributed by atoms with van der Waals surface area (Å²) in [5.74, 6) is 0.712. The first-order valence-corrected chi connectivity index (χ1v) is 7.68. The zero-order chi connectivity index (χ0) is 16.8. The third-order valence-electron chi connectivity index (χ3n) is 3.77. The van der Waals surface area contributed by atoms with Crippen LogP contribution in [0.25, 0.3) is 11.1 Å². The molecule has 120 valence electrons. The van der Waals surface area contributed by atoms with Gasteiger partial charge >= 0.3 is 0 Å². The van der Waals surface area contributed by atoms with E-state index in [-0.39, 0.29) is 5.91 Å². The van der Waals surface area contributed by atoms with Crippen LogP contribution in [0.1, 0.15) is 15.9 Å². The average molecular weight is 318 g/mol. The van der Waals surface area contributed by atoms with Crippen LogP contribution in [0.4, 0.5) is 0 Å². The highest BCUT2D eigenvalue weighted by Gasteiger charge is 2.06. The second kappa shape index (κ2) is 7.42. The minimum absolute atomic E-state index is 0.0907. The van der Waals surface area contributed by atoms with Crippen molar-refractivity contribution in [2.45, 2.75) is 6.54 Å². The number of benzene rings is 2. The van der Waals surface area contributed by atoms with E-state index in [1.54, 1.807) is 19.5 Å². The van der Waals surface area contributed by atoms with E-state index < -0.39 is 0 Å². The summed E-state index contributed by atoms with van der Waals surface area (Å²) in [5, 5.41) is 2.92. The van der Waals surface area contributed by atoms with Gasteiger partial charge in [0.15, 0.2) is 0 Å². The number of hydrogen-bond donors (Lipinski definition) is 1. The molecule has 0 saturated carbocycles. The standard InChI is InChI=1S/C20H18N2O2/c1-24-19-8-2-15(3-9-19)14-22-20(23)18-6-4-16(5-7-18)17-10-12-21-13-11-17/h2-13H,14H2,1H3,(H,22,23). The van der Waals surface area contributed by atoms with Crippen LogP contribution in [-0.4, -0.2) is 18.0 Å². The van der Waals surface area contributed by atoms with Crippen LogP contribution in [0.5, 0.6) is 5.75 Å². The van der Waals surface area contributed by atoms with E-state index in [4.69, 9.17) is 4.74 Å². The summed E-state index contributed by atoms with van der Waals surface area (Å²) in [6.07, 6.45) is 3.51. The van der Waals surface area contributed by atoms with Gasteiger partial charge in [-0.15, -0.1) is 0 Å². The number of hydrogen-bond acceptors (Lipinski definition) is 3. The van der Waals surface area contributed by atoms with Gasteiger partial charge in [-0.2, -0.15) is 0 Å². The molecule has 0 saturated heterocycles. The van der Waals surface area contributed by atoms with Gasteiger partial charge in [-0.3, -0.25) is 9.78 Å². The predicted molar refractivity (Wildman–Crippen MR) is 93.8 cm³/mol. The lowest BCUT2D eigenvalue weighted by Crippen LogP contribution is -2.22. The molecule has 0 fully saturated rings. The molecule has 2 aromatic carbocycles. The third-order valence-corrected chi connectivity index (χ3v) is 3.77. The Morgan fingerprint density at radius 1 is 0.917 bits per heavy atom. The summed E-state index contributed by atoms with van der Waals surface area (Å²) in [4.78, 5) is 16.3. The van der Waals surface area contributed by atoms with Crippen molar-refractivity contribution in [2.24, 2.45) is 0 Å². The summed E-state index contributed by atoms with van der Waals surface area (Å²) in [6, 6.07) is 19.1. The normalized spacial score (nSPS) is 10.2. The lowest BCUT2D eigenvalue weighted by atomic mass is 10.0. The predicted octanol–water partition coefficient (Wildman–Crippen LogP) is 3.69. The van der Waals surface area contributed by atoms with E-state index in [2.05, 4.69) is 10.3 Å². The van der Waals surface area contributed by atoms with Crippen LogP contribution in [0.3, 0.4) is 0 Å². The molecule has 0 atom stereocenters. The number of pyridine rings is 1. The fourth-order valence-electron chi connectivity index (χ4n) is 2.39. The Morgan fingerprint density at radius 3 is 2.17 bits per heavy atom. The van der Waals surface area contributed by atoms with Gasteiger partial charge in [-0.25, -0.2) is 0 Å². The van der Waals surface area contributed by atoms with Crippen molar-refractivity contribution in [1.82, 2.24) is 10.3 Å². The molecule has 0 radical (unpaired) electrons. The van der Waals surface area contributed by atoms with Gasteiger partial charge in [0.2, 0.25) is 0 Å². The first-order chi connectivity index (χ1) is 11.8. The maximum absolute atomic E-state index is 12.2. The van der Waals surface area contributed by atoms with E-state index >= 15 is 0 Å². The molecule has 1 heterocycles. The molecule has 1 amide bonds. The van der Waals surface area contributed by atoms with Crippen LogP contribution in [-0.2, 0) is 6.54 Å². The van der Waals surface area contributed by atoms with Gasteiger partial charge in [-0.05, 0) is 53.1 Å². The van der Waals surface area contributed by atoms with E-state index in [9.17, 15) is 4.79 Å². The Hall–Kier alpha value is -3.14. The average Bonchev–Trinajstić information content (AvgIpc) is 2.67. The molecule has 0 aliphatic heterocycles.